The number of carbonyl (C=O) groups is 1. The number of halogens is 1. The highest BCUT2D eigenvalue weighted by Crippen LogP contribution is 2.21. The van der Waals surface area contributed by atoms with Crippen LogP contribution in [0.2, 0.25) is 5.02 Å². The summed E-state index contributed by atoms with van der Waals surface area (Å²) in [6.45, 7) is 3.51. The first-order chi connectivity index (χ1) is 15.5. The van der Waals surface area contributed by atoms with Crippen LogP contribution in [0.1, 0.15) is 19.4 Å². The van der Waals surface area contributed by atoms with Gasteiger partial charge in [-0.25, -0.2) is 4.79 Å². The highest BCUT2D eigenvalue weighted by molar-refractivity contribution is 7.85. The van der Waals surface area contributed by atoms with Crippen LogP contribution < -0.4 is 11.0 Å². The van der Waals surface area contributed by atoms with Crippen LogP contribution in [0.25, 0.3) is 17.1 Å². The van der Waals surface area contributed by atoms with Crippen LogP contribution in [0.3, 0.4) is 0 Å². The molecule has 0 aliphatic rings. The summed E-state index contributed by atoms with van der Waals surface area (Å²) in [5, 5.41) is 7.73. The molecule has 0 fully saturated rings. The minimum atomic E-state index is -3.50. The van der Waals surface area contributed by atoms with Crippen molar-refractivity contribution < 1.29 is 17.4 Å². The maximum Gasteiger partial charge on any atom is 0.351 e. The quantitative estimate of drug-likeness (QED) is 0.459. The van der Waals surface area contributed by atoms with Crippen LogP contribution >= 0.6 is 11.6 Å². The molecule has 0 unspecified atom stereocenters. The monoisotopic (exact) mass is 492 g/mol. The number of benzene rings is 2. The van der Waals surface area contributed by atoms with Gasteiger partial charge in [-0.15, -0.1) is 5.10 Å². The van der Waals surface area contributed by atoms with E-state index in [4.69, 9.17) is 15.8 Å². The second-order valence-corrected chi connectivity index (χ2v) is 9.86. The minimum absolute atomic E-state index is 0.0244. The van der Waals surface area contributed by atoms with Gasteiger partial charge < -0.3 is 5.32 Å². The lowest BCUT2D eigenvalue weighted by molar-refractivity contribution is -0.122. The Kier molecular flexibility index (Phi) is 7.72. The zero-order chi connectivity index (χ0) is 24.2. The molecule has 1 N–H and O–H groups in total. The zero-order valence-corrected chi connectivity index (χ0v) is 20.1. The van der Waals surface area contributed by atoms with E-state index in [1.165, 1.54) is 9.25 Å². The van der Waals surface area contributed by atoms with E-state index in [1.807, 2.05) is 13.8 Å². The van der Waals surface area contributed by atoms with Crippen LogP contribution in [0.5, 0.6) is 0 Å². The highest BCUT2D eigenvalue weighted by Gasteiger charge is 2.19. The Balaban J connectivity index is 1.94. The fraction of sp³-hybridized carbons (Fsp3) is 0.318. The largest absolute Gasteiger partial charge is 0.352 e. The van der Waals surface area contributed by atoms with E-state index >= 15 is 0 Å². The summed E-state index contributed by atoms with van der Waals surface area (Å²) < 4.78 is 29.5. The fourth-order valence-electron chi connectivity index (χ4n) is 3.17. The minimum Gasteiger partial charge on any atom is -0.352 e. The summed E-state index contributed by atoms with van der Waals surface area (Å²) in [6, 6.07) is 13.7. The first-order valence-electron chi connectivity index (χ1n) is 10.2. The Bertz CT molecular complexity index is 1300. The first kappa shape index (κ1) is 24.7. The number of hydrogen-bond donors (Lipinski definition) is 1. The lowest BCUT2D eigenvalue weighted by Crippen LogP contribution is -2.36. The number of carbonyl (C=O) groups excluding carboxylic acids is 1. The third-order valence-electron chi connectivity index (χ3n) is 4.57. The van der Waals surface area contributed by atoms with E-state index in [2.05, 4.69) is 10.4 Å². The second kappa shape index (κ2) is 10.3. The van der Waals surface area contributed by atoms with Crippen LogP contribution in [-0.2, 0) is 32.1 Å². The van der Waals surface area contributed by atoms with Gasteiger partial charge in [-0.05, 0) is 50.1 Å². The number of hydrogen-bond acceptors (Lipinski definition) is 6. The van der Waals surface area contributed by atoms with Crippen LogP contribution in [0, 0.1) is 0 Å². The van der Waals surface area contributed by atoms with E-state index in [0.717, 1.165) is 11.8 Å². The van der Waals surface area contributed by atoms with E-state index in [-0.39, 0.29) is 25.1 Å². The molecule has 2 aromatic carbocycles. The summed E-state index contributed by atoms with van der Waals surface area (Å²) in [7, 11) is -3.50. The summed E-state index contributed by atoms with van der Waals surface area (Å²) in [5.41, 5.74) is 1.46. The molecule has 0 saturated heterocycles. The number of amides is 1. The molecule has 9 nitrogen and oxygen atoms in total. The van der Waals surface area contributed by atoms with Crippen LogP contribution in [-0.4, -0.2) is 47.6 Å². The lowest BCUT2D eigenvalue weighted by atomic mass is 10.1. The zero-order valence-electron chi connectivity index (χ0n) is 18.5. The smallest absolute Gasteiger partial charge is 0.351 e. The summed E-state index contributed by atoms with van der Waals surface area (Å²) in [5.74, 6) is 0.00295. The third-order valence-corrected chi connectivity index (χ3v) is 5.40. The van der Waals surface area contributed by atoms with Gasteiger partial charge in [-0.1, -0.05) is 35.9 Å². The molecule has 0 bridgehead atoms. The molecule has 1 aromatic heterocycles. The molecule has 0 aliphatic heterocycles. The van der Waals surface area contributed by atoms with Crippen LogP contribution in [0.15, 0.2) is 53.3 Å². The molecule has 0 aliphatic carbocycles. The molecule has 3 aromatic rings. The van der Waals surface area contributed by atoms with Crippen molar-refractivity contribution in [2.75, 3.05) is 12.9 Å². The molecule has 0 saturated carbocycles. The topological polar surface area (TPSA) is 112 Å². The first-order valence-corrected chi connectivity index (χ1v) is 12.4. The summed E-state index contributed by atoms with van der Waals surface area (Å²) in [4.78, 5) is 25.6. The van der Waals surface area contributed by atoms with Gasteiger partial charge in [0.2, 0.25) is 5.91 Å². The number of nitrogens with one attached hydrogen (secondary N) is 1. The maximum atomic E-state index is 13.2. The summed E-state index contributed by atoms with van der Waals surface area (Å²) >= 11 is 6.12. The average molecular weight is 493 g/mol. The molecular weight excluding hydrogens is 468 g/mol. The van der Waals surface area contributed by atoms with Crippen molar-refractivity contribution in [3.05, 3.63) is 69.6 Å². The Morgan fingerprint density at radius 2 is 1.88 bits per heavy atom. The molecule has 33 heavy (non-hydrogen) atoms. The van der Waals surface area contributed by atoms with Gasteiger partial charge in [0.15, 0.2) is 5.82 Å². The van der Waals surface area contributed by atoms with Gasteiger partial charge >= 0.3 is 5.69 Å². The Labute approximate surface area is 197 Å². The summed E-state index contributed by atoms with van der Waals surface area (Å²) in [6.07, 6.45) is 1.39. The van der Waals surface area contributed by atoms with Gasteiger partial charge in [0.1, 0.15) is 6.54 Å². The van der Waals surface area contributed by atoms with E-state index in [9.17, 15) is 18.0 Å². The molecule has 11 heteroatoms. The van der Waals surface area contributed by atoms with E-state index in [1.54, 1.807) is 48.5 Å². The predicted octanol–water partition coefficient (Wildman–Crippen LogP) is 2.40. The fourth-order valence-corrected chi connectivity index (χ4v) is 3.75. The van der Waals surface area contributed by atoms with Crippen molar-refractivity contribution >= 4 is 27.6 Å². The predicted molar refractivity (Wildman–Crippen MR) is 126 cm³/mol. The van der Waals surface area contributed by atoms with E-state index in [0.29, 0.717) is 28.5 Å². The molecule has 0 atom stereocenters. The SMILES string of the molecule is CC(C)NC(=O)Cn1c(-c2cccc(Cl)c2)nn(-c2ccc(CCOS(C)(=O)=O)cc2)c1=O. The molecule has 0 spiro atoms. The average Bonchev–Trinajstić information content (AvgIpc) is 3.03. The van der Waals surface area contributed by atoms with Crippen molar-refractivity contribution in [1.29, 1.82) is 0 Å². The van der Waals surface area contributed by atoms with Gasteiger partial charge in [0, 0.05) is 16.6 Å². The molecule has 3 rings (SSSR count). The maximum absolute atomic E-state index is 13.2. The third kappa shape index (κ3) is 6.77. The van der Waals surface area contributed by atoms with Gasteiger partial charge in [0.25, 0.3) is 10.1 Å². The highest BCUT2D eigenvalue weighted by atomic mass is 35.5. The number of rotatable bonds is 9. The molecule has 1 heterocycles. The van der Waals surface area contributed by atoms with Gasteiger partial charge in [0.05, 0.1) is 18.6 Å². The van der Waals surface area contributed by atoms with Crippen molar-refractivity contribution in [3.63, 3.8) is 0 Å². The van der Waals surface area contributed by atoms with Crippen molar-refractivity contribution in [2.45, 2.75) is 32.9 Å². The molecule has 176 valence electrons. The Hall–Kier alpha value is -2.95. The van der Waals surface area contributed by atoms with Crippen LogP contribution in [0.4, 0.5) is 0 Å². The van der Waals surface area contributed by atoms with Crippen molar-refractivity contribution in [1.82, 2.24) is 19.7 Å². The lowest BCUT2D eigenvalue weighted by Gasteiger charge is -2.09. The van der Waals surface area contributed by atoms with E-state index < -0.39 is 15.8 Å². The number of nitrogens with zero attached hydrogens (tertiary/aromatic N) is 3. The normalized spacial score (nSPS) is 11.7. The second-order valence-electron chi connectivity index (χ2n) is 7.78. The molecule has 1 amide bonds. The Morgan fingerprint density at radius 3 is 2.48 bits per heavy atom. The van der Waals surface area contributed by atoms with Gasteiger partial charge in [-0.3, -0.25) is 13.5 Å². The van der Waals surface area contributed by atoms with Crippen molar-refractivity contribution in [3.8, 4) is 17.1 Å². The number of aromatic nitrogens is 3. The molecule has 0 radical (unpaired) electrons. The Morgan fingerprint density at radius 1 is 1.18 bits per heavy atom. The van der Waals surface area contributed by atoms with Gasteiger partial charge in [-0.2, -0.15) is 13.1 Å². The van der Waals surface area contributed by atoms with Crippen molar-refractivity contribution in [2.24, 2.45) is 0 Å². The molecular formula is C22H25ClN4O5S. The standard InChI is InChI=1S/C22H25ClN4O5S/c1-15(2)24-20(28)14-26-21(17-5-4-6-18(23)13-17)25-27(22(26)29)19-9-7-16(8-10-19)11-12-32-33(3,30)31/h4-10,13,15H,11-12,14H2,1-3H3,(H,24,28).